The summed E-state index contributed by atoms with van der Waals surface area (Å²) in [6.45, 7) is 3.80. The third kappa shape index (κ3) is 7.10. The predicted octanol–water partition coefficient (Wildman–Crippen LogP) is 6.48. The van der Waals surface area contributed by atoms with Crippen LogP contribution in [0.1, 0.15) is 55.2 Å². The molecule has 9 nitrogen and oxygen atoms in total. The summed E-state index contributed by atoms with van der Waals surface area (Å²) in [5, 5.41) is 14.6. The first-order valence-corrected chi connectivity index (χ1v) is 15.4. The predicted molar refractivity (Wildman–Crippen MR) is 172 cm³/mol. The Morgan fingerprint density at radius 2 is 1.55 bits per heavy atom. The molecule has 1 unspecified atom stereocenters. The van der Waals surface area contributed by atoms with Gasteiger partial charge in [0.05, 0.1) is 29.1 Å². The molecule has 1 saturated heterocycles. The van der Waals surface area contributed by atoms with Crippen molar-refractivity contribution >= 4 is 17.6 Å². The molecule has 5 rings (SSSR count). The van der Waals surface area contributed by atoms with Gasteiger partial charge >= 0.3 is 11.9 Å². The van der Waals surface area contributed by atoms with E-state index in [1.807, 2.05) is 41.3 Å². The van der Waals surface area contributed by atoms with Crippen molar-refractivity contribution in [3.63, 3.8) is 0 Å². The Balaban J connectivity index is 1.40. The van der Waals surface area contributed by atoms with E-state index in [0.29, 0.717) is 25.2 Å². The number of benzene rings is 3. The van der Waals surface area contributed by atoms with Gasteiger partial charge in [0, 0.05) is 49.0 Å². The minimum atomic E-state index is -2.98. The zero-order chi connectivity index (χ0) is 33.7. The first-order chi connectivity index (χ1) is 22.5. The molecule has 0 aliphatic carbocycles. The molecule has 2 atom stereocenters. The molecule has 0 radical (unpaired) electrons. The van der Waals surface area contributed by atoms with Gasteiger partial charge in [0.25, 0.3) is 12.1 Å². The van der Waals surface area contributed by atoms with Crippen LogP contribution in [0.5, 0.6) is 0 Å². The van der Waals surface area contributed by atoms with Crippen LogP contribution in [0.2, 0.25) is 0 Å². The maximum absolute atomic E-state index is 14.9. The normalized spacial score (nSPS) is 20.0. The fraction of sp³-hybridized carbons (Fsp3) is 0.333. The standard InChI is InChI=1S/C36H37F2N3O6/c1-23-30(33(42)46-3)32(27-15-10-16-28(21-27)41(44)45)31(24(2)39-23)34(43)47-36(35(37)38)18-20-40(22-36)19-17-29(25-11-6-4-7-12-25)26-13-8-5-9-14-26/h4-16,21,29,32,35,39H,17-20,22H2,1-3H3/t32?,36-/m0/s1. The van der Waals surface area contributed by atoms with E-state index in [1.165, 1.54) is 31.4 Å². The number of carbonyl (C=O) groups excluding carboxylic acids is 2. The van der Waals surface area contributed by atoms with Crippen LogP contribution in [0.15, 0.2) is 107 Å². The summed E-state index contributed by atoms with van der Waals surface area (Å²) in [6, 6.07) is 25.5. The fourth-order valence-corrected chi connectivity index (χ4v) is 6.62. The van der Waals surface area contributed by atoms with Crippen molar-refractivity contribution in [2.45, 2.75) is 50.6 Å². The maximum Gasteiger partial charge on any atom is 0.337 e. The van der Waals surface area contributed by atoms with Crippen molar-refractivity contribution in [1.82, 2.24) is 10.2 Å². The number of likely N-dealkylation sites (tertiary alicyclic amines) is 1. The molecule has 0 saturated carbocycles. The van der Waals surface area contributed by atoms with Gasteiger partial charge in [0.2, 0.25) is 0 Å². The third-order valence-corrected chi connectivity index (χ3v) is 8.97. The maximum atomic E-state index is 14.9. The summed E-state index contributed by atoms with van der Waals surface area (Å²) in [7, 11) is 1.18. The van der Waals surface area contributed by atoms with Gasteiger partial charge in [0.1, 0.15) is 0 Å². The Kier molecular flexibility index (Phi) is 10.1. The van der Waals surface area contributed by atoms with Gasteiger partial charge in [-0.15, -0.1) is 0 Å². The Hall–Kier alpha value is -4.90. The van der Waals surface area contributed by atoms with Gasteiger partial charge in [-0.1, -0.05) is 72.8 Å². The SMILES string of the molecule is COC(=O)C1=C(C)NC(C)=C(C(=O)O[C@@]2(C(F)F)CCN(CCC(c3ccccc3)c3ccccc3)C2)C1c1cccc([N+](=O)[O-])c1. The highest BCUT2D eigenvalue weighted by Gasteiger charge is 2.51. The molecule has 3 aromatic rings. The van der Waals surface area contributed by atoms with E-state index >= 15 is 0 Å². The molecule has 1 N–H and O–H groups in total. The number of halogens is 2. The molecule has 3 aromatic carbocycles. The van der Waals surface area contributed by atoms with E-state index in [1.54, 1.807) is 13.8 Å². The van der Waals surface area contributed by atoms with Crippen LogP contribution < -0.4 is 5.32 Å². The van der Waals surface area contributed by atoms with Crippen molar-refractivity contribution in [3.05, 3.63) is 134 Å². The smallest absolute Gasteiger partial charge is 0.337 e. The summed E-state index contributed by atoms with van der Waals surface area (Å²) >= 11 is 0. The minimum Gasteiger partial charge on any atom is -0.466 e. The summed E-state index contributed by atoms with van der Waals surface area (Å²) < 4.78 is 40.6. The highest BCUT2D eigenvalue weighted by molar-refractivity contribution is 6.00. The van der Waals surface area contributed by atoms with E-state index in [-0.39, 0.29) is 47.0 Å². The molecule has 0 amide bonds. The Labute approximate surface area is 272 Å². The molecule has 1 fully saturated rings. The average Bonchev–Trinajstić information content (AvgIpc) is 3.49. The van der Waals surface area contributed by atoms with Crippen molar-refractivity contribution in [2.75, 3.05) is 26.7 Å². The van der Waals surface area contributed by atoms with Crippen molar-refractivity contribution in [2.24, 2.45) is 0 Å². The number of rotatable bonds is 11. The quantitative estimate of drug-likeness (QED) is 0.143. The number of allylic oxidation sites excluding steroid dienone is 2. The van der Waals surface area contributed by atoms with Crippen LogP contribution in [0, 0.1) is 10.1 Å². The van der Waals surface area contributed by atoms with Gasteiger partial charge in [-0.3, -0.25) is 15.0 Å². The number of ether oxygens (including phenoxy) is 2. The van der Waals surface area contributed by atoms with Crippen molar-refractivity contribution < 1.29 is 32.8 Å². The van der Waals surface area contributed by atoms with E-state index in [4.69, 9.17) is 9.47 Å². The van der Waals surface area contributed by atoms with Crippen LogP contribution in [-0.4, -0.2) is 60.5 Å². The number of nitrogens with zero attached hydrogens (tertiary/aromatic N) is 2. The lowest BCUT2D eigenvalue weighted by Gasteiger charge is -2.34. The molecule has 246 valence electrons. The average molecular weight is 646 g/mol. The molecule has 47 heavy (non-hydrogen) atoms. The molecular formula is C36H37F2N3O6. The summed E-state index contributed by atoms with van der Waals surface area (Å²) in [5.41, 5.74) is 0.720. The molecule has 2 aliphatic heterocycles. The lowest BCUT2D eigenvalue weighted by molar-refractivity contribution is -0.384. The number of carbonyl (C=O) groups is 2. The van der Waals surface area contributed by atoms with E-state index < -0.39 is 34.8 Å². The van der Waals surface area contributed by atoms with Gasteiger partial charge in [-0.05, 0) is 43.5 Å². The number of hydrogen-bond acceptors (Lipinski definition) is 8. The van der Waals surface area contributed by atoms with Crippen molar-refractivity contribution in [1.29, 1.82) is 0 Å². The number of methoxy groups -OCH3 is 1. The van der Waals surface area contributed by atoms with Gasteiger partial charge in [-0.25, -0.2) is 18.4 Å². The fourth-order valence-electron chi connectivity index (χ4n) is 6.62. The molecule has 0 aromatic heterocycles. The Bertz CT molecular complexity index is 1660. The number of hydrogen-bond donors (Lipinski definition) is 1. The monoisotopic (exact) mass is 645 g/mol. The van der Waals surface area contributed by atoms with Crippen molar-refractivity contribution in [3.8, 4) is 0 Å². The number of nitrogens with one attached hydrogen (secondary N) is 1. The van der Waals surface area contributed by atoms with Crippen LogP contribution in [0.3, 0.4) is 0 Å². The van der Waals surface area contributed by atoms with Gasteiger partial charge in [-0.2, -0.15) is 0 Å². The Morgan fingerprint density at radius 1 is 0.957 bits per heavy atom. The van der Waals surface area contributed by atoms with E-state index in [2.05, 4.69) is 29.6 Å². The second-order valence-corrected chi connectivity index (χ2v) is 11.9. The molecular weight excluding hydrogens is 608 g/mol. The molecule has 0 spiro atoms. The Morgan fingerprint density at radius 3 is 2.11 bits per heavy atom. The van der Waals surface area contributed by atoms with Gasteiger partial charge < -0.3 is 14.8 Å². The summed E-state index contributed by atoms with van der Waals surface area (Å²) in [4.78, 5) is 39.9. The number of non-ortho nitro benzene ring substituents is 1. The van der Waals surface area contributed by atoms with E-state index in [0.717, 1.165) is 11.1 Å². The number of dihydropyridines is 1. The number of nitro groups is 1. The zero-order valence-electron chi connectivity index (χ0n) is 26.5. The second-order valence-electron chi connectivity index (χ2n) is 11.9. The summed E-state index contributed by atoms with van der Waals surface area (Å²) in [5.74, 6) is -2.91. The van der Waals surface area contributed by atoms with E-state index in [9.17, 15) is 28.5 Å². The molecule has 2 aliphatic rings. The summed E-state index contributed by atoms with van der Waals surface area (Å²) in [6.07, 6.45) is -2.41. The number of esters is 2. The second kappa shape index (κ2) is 14.3. The van der Waals surface area contributed by atoms with Gasteiger partial charge in [0.15, 0.2) is 5.60 Å². The van der Waals surface area contributed by atoms with Crippen LogP contribution in [-0.2, 0) is 19.1 Å². The third-order valence-electron chi connectivity index (χ3n) is 8.97. The van der Waals surface area contributed by atoms with Crippen LogP contribution in [0.25, 0.3) is 0 Å². The lowest BCUT2D eigenvalue weighted by atomic mass is 9.80. The highest BCUT2D eigenvalue weighted by Crippen LogP contribution is 2.42. The molecule has 2 heterocycles. The number of nitro benzene ring substituents is 1. The van der Waals surface area contributed by atoms with Crippen LogP contribution in [0.4, 0.5) is 14.5 Å². The first kappa shape index (κ1) is 33.5. The zero-order valence-corrected chi connectivity index (χ0v) is 26.5. The first-order valence-electron chi connectivity index (χ1n) is 15.4. The minimum absolute atomic E-state index is 0.0255. The number of alkyl halides is 2. The van der Waals surface area contributed by atoms with Crippen LogP contribution >= 0.6 is 0 Å². The highest BCUT2D eigenvalue weighted by atomic mass is 19.3. The topological polar surface area (TPSA) is 111 Å². The largest absolute Gasteiger partial charge is 0.466 e. The lowest BCUT2D eigenvalue weighted by Crippen LogP contribution is -2.46. The molecule has 0 bridgehead atoms. The molecule has 11 heteroatoms.